The summed E-state index contributed by atoms with van der Waals surface area (Å²) in [5.41, 5.74) is 4.46. The summed E-state index contributed by atoms with van der Waals surface area (Å²) in [6, 6.07) is 3.23. The molecule has 1 aromatic carbocycles. The maximum atomic E-state index is 14.3. The van der Waals surface area contributed by atoms with Crippen molar-refractivity contribution in [1.29, 1.82) is 0 Å². The summed E-state index contributed by atoms with van der Waals surface area (Å²) in [6.45, 7) is 2.49. The molecular formula is C14H18FN5O3S. The molecule has 0 fully saturated rings. The fourth-order valence-corrected chi connectivity index (χ4v) is 5.56. The molecule has 2 aliphatic heterocycles. The predicted octanol–water partition coefficient (Wildman–Crippen LogP) is 1.76. The van der Waals surface area contributed by atoms with Crippen LogP contribution in [-0.2, 0) is 15.5 Å². The molecule has 1 unspecified atom stereocenters. The lowest BCUT2D eigenvalue weighted by Gasteiger charge is -2.38. The van der Waals surface area contributed by atoms with Gasteiger partial charge in [-0.2, -0.15) is 0 Å². The average molecular weight is 355 g/mol. The second-order valence-electron chi connectivity index (χ2n) is 6.08. The highest BCUT2D eigenvalue weighted by molar-refractivity contribution is 7.92. The predicted molar refractivity (Wildman–Crippen MR) is 88.3 cm³/mol. The van der Waals surface area contributed by atoms with Crippen molar-refractivity contribution in [3.63, 3.8) is 0 Å². The summed E-state index contributed by atoms with van der Waals surface area (Å²) < 4.78 is 33.4. The van der Waals surface area contributed by atoms with Gasteiger partial charge in [0.1, 0.15) is 21.3 Å². The Balaban J connectivity index is 2.16. The van der Waals surface area contributed by atoms with E-state index in [0.717, 1.165) is 31.0 Å². The van der Waals surface area contributed by atoms with Gasteiger partial charge in [-0.1, -0.05) is 0 Å². The van der Waals surface area contributed by atoms with Crippen LogP contribution in [0, 0.1) is 15.9 Å². The van der Waals surface area contributed by atoms with Crippen LogP contribution < -0.4 is 5.73 Å². The van der Waals surface area contributed by atoms with Gasteiger partial charge in [-0.25, -0.2) is 18.0 Å². The van der Waals surface area contributed by atoms with Crippen LogP contribution in [0.25, 0.3) is 0 Å². The molecule has 2 heterocycles. The van der Waals surface area contributed by atoms with Crippen molar-refractivity contribution in [3.8, 4) is 0 Å². The highest BCUT2D eigenvalue weighted by atomic mass is 32.2. The number of hydrogen-bond acceptors (Lipinski definition) is 6. The Morgan fingerprint density at radius 2 is 2.21 bits per heavy atom. The highest BCUT2D eigenvalue weighted by Crippen LogP contribution is 2.36. The summed E-state index contributed by atoms with van der Waals surface area (Å²) in [7, 11) is -2.86. The van der Waals surface area contributed by atoms with Gasteiger partial charge in [0, 0.05) is 24.2 Å². The maximum Gasteiger partial charge on any atom is 0.270 e. The lowest BCUT2D eigenvalue weighted by molar-refractivity contribution is -0.385. The van der Waals surface area contributed by atoms with E-state index in [0.29, 0.717) is 13.1 Å². The van der Waals surface area contributed by atoms with Crippen molar-refractivity contribution in [1.82, 2.24) is 4.31 Å². The summed E-state index contributed by atoms with van der Waals surface area (Å²) in [6.07, 6.45) is 1.58. The molecule has 0 bridgehead atoms. The van der Waals surface area contributed by atoms with Crippen LogP contribution in [0.2, 0.25) is 0 Å². The molecule has 2 N–H and O–H groups in total. The zero-order chi connectivity index (χ0) is 17.5. The number of aliphatic imine (C=N–C) groups is 1. The Kier molecular flexibility index (Phi) is 3.94. The minimum Gasteiger partial charge on any atom is -0.369 e. The Morgan fingerprint density at radius 3 is 2.92 bits per heavy atom. The highest BCUT2D eigenvalue weighted by Gasteiger charge is 2.42. The molecular weight excluding hydrogens is 337 g/mol. The van der Waals surface area contributed by atoms with Crippen molar-refractivity contribution >= 4 is 21.6 Å². The number of halogens is 1. The molecule has 2 aliphatic rings. The molecule has 0 radical (unpaired) electrons. The first kappa shape index (κ1) is 16.6. The number of nitro groups is 1. The molecule has 2 atom stereocenters. The van der Waals surface area contributed by atoms with Crippen molar-refractivity contribution < 1.29 is 13.5 Å². The largest absolute Gasteiger partial charge is 0.369 e. The number of nitrogens with zero attached hydrogens (tertiary/aromatic N) is 4. The van der Waals surface area contributed by atoms with Crippen LogP contribution in [0.3, 0.4) is 0 Å². The lowest BCUT2D eigenvalue weighted by Crippen LogP contribution is -2.52. The summed E-state index contributed by atoms with van der Waals surface area (Å²) in [5, 5.41) is 11.0. The Hall–Kier alpha value is -2.23. The smallest absolute Gasteiger partial charge is 0.270 e. The molecule has 0 spiro atoms. The number of rotatable bonds is 2. The van der Waals surface area contributed by atoms with Crippen LogP contribution in [-0.4, -0.2) is 38.2 Å². The fourth-order valence-electron chi connectivity index (χ4n) is 3.06. The molecule has 0 amide bonds. The number of benzene rings is 1. The van der Waals surface area contributed by atoms with Crippen LogP contribution in [0.5, 0.6) is 0 Å². The zero-order valence-corrected chi connectivity index (χ0v) is 14.0. The van der Waals surface area contributed by atoms with Gasteiger partial charge >= 0.3 is 0 Å². The van der Waals surface area contributed by atoms with Gasteiger partial charge in [-0.15, -0.1) is 0 Å². The van der Waals surface area contributed by atoms with Crippen LogP contribution >= 0.6 is 0 Å². The molecule has 0 aliphatic carbocycles. The van der Waals surface area contributed by atoms with E-state index in [4.69, 9.17) is 5.73 Å². The van der Waals surface area contributed by atoms with E-state index in [2.05, 4.69) is 9.36 Å². The Labute approximate surface area is 139 Å². The monoisotopic (exact) mass is 355 g/mol. The van der Waals surface area contributed by atoms with Gasteiger partial charge in [0.2, 0.25) is 5.96 Å². The van der Waals surface area contributed by atoms with Crippen LogP contribution in [0.4, 0.5) is 10.1 Å². The van der Waals surface area contributed by atoms with Crippen LogP contribution in [0.1, 0.15) is 25.3 Å². The van der Waals surface area contributed by atoms with Crippen LogP contribution in [0.15, 0.2) is 27.6 Å². The topological polar surface area (TPSA) is 114 Å². The molecule has 0 saturated carbocycles. The molecule has 24 heavy (non-hydrogen) atoms. The number of nitro benzene ring substituents is 1. The zero-order valence-electron chi connectivity index (χ0n) is 13.1. The second-order valence-corrected chi connectivity index (χ2v) is 8.28. The number of non-ortho nitro benzene ring substituents is 1. The van der Waals surface area contributed by atoms with E-state index < -0.39 is 26.2 Å². The van der Waals surface area contributed by atoms with E-state index in [1.807, 2.05) is 0 Å². The summed E-state index contributed by atoms with van der Waals surface area (Å²) in [5.74, 6) is -0.672. The molecule has 0 saturated heterocycles. The third kappa shape index (κ3) is 2.70. The number of guanidine groups is 1. The summed E-state index contributed by atoms with van der Waals surface area (Å²) in [4.78, 5) is 14.7. The normalized spacial score (nSPS) is 29.9. The van der Waals surface area contributed by atoms with Gasteiger partial charge in [-0.05, 0) is 25.8 Å². The van der Waals surface area contributed by atoms with Gasteiger partial charge in [0.25, 0.3) is 5.69 Å². The molecule has 10 heteroatoms. The minimum atomic E-state index is -2.86. The minimum absolute atomic E-state index is 0.00136. The van der Waals surface area contributed by atoms with Gasteiger partial charge in [0.05, 0.1) is 17.2 Å². The Morgan fingerprint density at radius 1 is 1.46 bits per heavy atom. The van der Waals surface area contributed by atoms with Crippen molar-refractivity contribution in [3.05, 3.63) is 39.7 Å². The third-order valence-electron chi connectivity index (χ3n) is 4.23. The lowest BCUT2D eigenvalue weighted by atomic mass is 9.93. The van der Waals surface area contributed by atoms with E-state index in [1.54, 1.807) is 6.92 Å². The SMILES string of the molecule is C[C@@]1(c2cc([N+](=O)[O-])ccc2F)CS2(=O)=NCCCCN2C(N)=N1. The number of nitrogens with two attached hydrogens (primary N) is 1. The molecule has 8 nitrogen and oxygen atoms in total. The van der Waals surface area contributed by atoms with Gasteiger partial charge in [0.15, 0.2) is 0 Å². The third-order valence-corrected chi connectivity index (χ3v) is 6.82. The molecule has 130 valence electrons. The van der Waals surface area contributed by atoms with E-state index in [-0.39, 0.29) is 23.0 Å². The van der Waals surface area contributed by atoms with E-state index in [9.17, 15) is 18.7 Å². The quantitative estimate of drug-likeness (QED) is 0.643. The second kappa shape index (κ2) is 5.69. The van der Waals surface area contributed by atoms with Crippen molar-refractivity contribution in [2.45, 2.75) is 25.3 Å². The first-order chi connectivity index (χ1) is 11.3. The number of fused-ring (bicyclic) bond motifs is 1. The molecule has 0 aromatic heterocycles. The fraction of sp³-hybridized carbons (Fsp3) is 0.500. The van der Waals surface area contributed by atoms with E-state index >= 15 is 0 Å². The number of hydrogen-bond donors (Lipinski definition) is 1. The standard InChI is InChI=1S/C14H18FN5O3S/c1-14(11-8-10(20(21)22)4-5-12(11)15)9-24(23)17-6-2-3-7-19(24)13(16)18-14/h4-5,8H,2-3,6-7,9H2,1H3,(H2,16,18)/t14-,24?/m0/s1. The van der Waals surface area contributed by atoms with E-state index in [1.165, 1.54) is 4.31 Å². The van der Waals surface area contributed by atoms with Gasteiger partial charge in [-0.3, -0.25) is 14.4 Å². The first-order valence-electron chi connectivity index (χ1n) is 7.53. The molecule has 3 rings (SSSR count). The van der Waals surface area contributed by atoms with Gasteiger partial charge < -0.3 is 5.73 Å². The maximum absolute atomic E-state index is 14.3. The van der Waals surface area contributed by atoms with Crippen molar-refractivity contribution in [2.75, 3.05) is 18.8 Å². The first-order valence-corrected chi connectivity index (χ1v) is 9.17. The Bertz CT molecular complexity index is 849. The van der Waals surface area contributed by atoms with Crippen molar-refractivity contribution in [2.24, 2.45) is 15.1 Å². The summed E-state index contributed by atoms with van der Waals surface area (Å²) >= 11 is 0. The average Bonchev–Trinajstić information content (AvgIpc) is 2.68. The molecule has 1 aromatic rings.